The third-order valence-corrected chi connectivity index (χ3v) is 5.21. The Morgan fingerprint density at radius 2 is 2.07 bits per heavy atom. The molecular formula is C20H24N4O4. The van der Waals surface area contributed by atoms with Crippen molar-refractivity contribution in [2.24, 2.45) is 17.8 Å². The standard InChI is InChI=1S/C20H24N4O4/c1-20(2,3)27-19(26)24-10-14-13(15(14)11-24)9-22-18(25)16-7-17(28-23-16)12-5-4-6-21-8-12/h4-8,13-15H,9-11H2,1-3H3,(H,22,25)/t13?,14-,15+. The molecule has 1 aliphatic carbocycles. The van der Waals surface area contributed by atoms with E-state index in [0.717, 1.165) is 5.56 Å². The van der Waals surface area contributed by atoms with Crippen LogP contribution in [0.3, 0.4) is 0 Å². The molecule has 28 heavy (non-hydrogen) atoms. The molecule has 1 saturated carbocycles. The number of fused-ring (bicyclic) bond motifs is 1. The molecule has 0 spiro atoms. The van der Waals surface area contributed by atoms with Gasteiger partial charge in [-0.3, -0.25) is 9.78 Å². The monoisotopic (exact) mass is 384 g/mol. The highest BCUT2D eigenvalue weighted by atomic mass is 16.6. The first-order chi connectivity index (χ1) is 13.3. The van der Waals surface area contributed by atoms with Crippen molar-refractivity contribution in [1.82, 2.24) is 20.4 Å². The number of nitrogens with one attached hydrogen (secondary N) is 1. The van der Waals surface area contributed by atoms with Gasteiger partial charge in [0.05, 0.1) is 0 Å². The topological polar surface area (TPSA) is 97.6 Å². The minimum absolute atomic E-state index is 0.250. The van der Waals surface area contributed by atoms with Crippen molar-refractivity contribution >= 4 is 12.0 Å². The van der Waals surface area contributed by atoms with Gasteiger partial charge in [-0.05, 0) is 50.7 Å². The largest absolute Gasteiger partial charge is 0.444 e. The van der Waals surface area contributed by atoms with Crippen LogP contribution in [0.25, 0.3) is 11.3 Å². The molecule has 148 valence electrons. The fourth-order valence-corrected chi connectivity index (χ4v) is 3.76. The number of hydrogen-bond acceptors (Lipinski definition) is 6. The van der Waals surface area contributed by atoms with Crippen LogP contribution in [0.5, 0.6) is 0 Å². The molecule has 0 bridgehead atoms. The second-order valence-corrected chi connectivity index (χ2v) is 8.41. The van der Waals surface area contributed by atoms with Crippen LogP contribution in [0, 0.1) is 17.8 Å². The summed E-state index contributed by atoms with van der Waals surface area (Å²) in [5.41, 5.74) is 0.539. The van der Waals surface area contributed by atoms with E-state index in [4.69, 9.17) is 9.26 Å². The Morgan fingerprint density at radius 3 is 2.71 bits per heavy atom. The van der Waals surface area contributed by atoms with Gasteiger partial charge in [0, 0.05) is 43.7 Å². The van der Waals surface area contributed by atoms with Crippen LogP contribution in [0.4, 0.5) is 4.79 Å². The average molecular weight is 384 g/mol. The lowest BCUT2D eigenvalue weighted by Crippen LogP contribution is -2.38. The number of carbonyl (C=O) groups is 2. The number of rotatable bonds is 4. The Balaban J connectivity index is 1.25. The smallest absolute Gasteiger partial charge is 0.410 e. The van der Waals surface area contributed by atoms with Crippen molar-refractivity contribution in [3.8, 4) is 11.3 Å². The Labute approximate surface area is 163 Å². The second-order valence-electron chi connectivity index (χ2n) is 8.41. The van der Waals surface area contributed by atoms with E-state index < -0.39 is 5.60 Å². The fraction of sp³-hybridized carbons (Fsp3) is 0.500. The predicted molar refractivity (Wildman–Crippen MR) is 100 cm³/mol. The van der Waals surface area contributed by atoms with Crippen molar-refractivity contribution < 1.29 is 18.8 Å². The normalized spacial score (nSPS) is 23.2. The Hall–Kier alpha value is -2.90. The number of carbonyl (C=O) groups excluding carboxylic acids is 2. The minimum Gasteiger partial charge on any atom is -0.444 e. The SMILES string of the molecule is CC(C)(C)OC(=O)N1C[C@@H]2C(CNC(=O)c3cc(-c4cccnc4)on3)[C@@H]2C1. The summed E-state index contributed by atoms with van der Waals surface area (Å²) in [6.07, 6.45) is 3.07. The Morgan fingerprint density at radius 1 is 1.32 bits per heavy atom. The maximum Gasteiger partial charge on any atom is 0.410 e. The molecule has 1 unspecified atom stereocenters. The van der Waals surface area contributed by atoms with Gasteiger partial charge in [0.2, 0.25) is 0 Å². The zero-order valence-corrected chi connectivity index (χ0v) is 16.2. The van der Waals surface area contributed by atoms with Crippen molar-refractivity contribution in [2.45, 2.75) is 26.4 Å². The molecule has 8 heteroatoms. The van der Waals surface area contributed by atoms with E-state index in [1.54, 1.807) is 29.4 Å². The highest BCUT2D eigenvalue weighted by Crippen LogP contribution is 2.51. The zero-order valence-electron chi connectivity index (χ0n) is 16.2. The van der Waals surface area contributed by atoms with Crippen molar-refractivity contribution in [3.05, 3.63) is 36.3 Å². The van der Waals surface area contributed by atoms with E-state index in [9.17, 15) is 9.59 Å². The van der Waals surface area contributed by atoms with E-state index in [2.05, 4.69) is 15.5 Å². The number of piperidine rings is 1. The van der Waals surface area contributed by atoms with Gasteiger partial charge in [0.1, 0.15) is 5.60 Å². The zero-order chi connectivity index (χ0) is 19.9. The van der Waals surface area contributed by atoms with E-state index in [-0.39, 0.29) is 17.7 Å². The molecule has 4 rings (SSSR count). The molecule has 0 radical (unpaired) electrons. The van der Waals surface area contributed by atoms with E-state index in [1.165, 1.54) is 0 Å². The summed E-state index contributed by atoms with van der Waals surface area (Å²) in [4.78, 5) is 30.2. The number of hydrogen-bond donors (Lipinski definition) is 1. The van der Waals surface area contributed by atoms with Gasteiger partial charge in [-0.15, -0.1) is 0 Å². The molecule has 2 aromatic rings. The highest BCUT2D eigenvalue weighted by molar-refractivity contribution is 5.93. The molecule has 8 nitrogen and oxygen atoms in total. The second kappa shape index (κ2) is 6.92. The lowest BCUT2D eigenvalue weighted by atomic mass is 10.2. The van der Waals surface area contributed by atoms with Crippen molar-refractivity contribution in [3.63, 3.8) is 0 Å². The molecule has 2 aliphatic rings. The minimum atomic E-state index is -0.483. The molecule has 2 fully saturated rings. The number of pyridine rings is 1. The summed E-state index contributed by atoms with van der Waals surface area (Å²) in [5, 5.41) is 6.77. The lowest BCUT2D eigenvalue weighted by molar-refractivity contribution is 0.0265. The van der Waals surface area contributed by atoms with E-state index in [1.807, 2.05) is 26.8 Å². The number of aromatic nitrogens is 2. The van der Waals surface area contributed by atoms with Crippen LogP contribution >= 0.6 is 0 Å². The van der Waals surface area contributed by atoms with Crippen LogP contribution in [-0.4, -0.2) is 52.3 Å². The molecule has 1 saturated heterocycles. The quantitative estimate of drug-likeness (QED) is 0.870. The fourth-order valence-electron chi connectivity index (χ4n) is 3.76. The molecule has 0 aromatic carbocycles. The van der Waals surface area contributed by atoms with Gasteiger partial charge in [-0.25, -0.2) is 4.79 Å². The van der Waals surface area contributed by atoms with Gasteiger partial charge in [0.25, 0.3) is 5.91 Å². The highest BCUT2D eigenvalue weighted by Gasteiger charge is 2.56. The van der Waals surface area contributed by atoms with Crippen LogP contribution < -0.4 is 5.32 Å². The van der Waals surface area contributed by atoms with Gasteiger partial charge >= 0.3 is 6.09 Å². The predicted octanol–water partition coefficient (Wildman–Crippen LogP) is 2.58. The summed E-state index contributed by atoms with van der Waals surface area (Å²) >= 11 is 0. The molecule has 2 aromatic heterocycles. The van der Waals surface area contributed by atoms with Gasteiger partial charge in [-0.2, -0.15) is 0 Å². The number of likely N-dealkylation sites (tertiary alicyclic amines) is 1. The van der Waals surface area contributed by atoms with Crippen molar-refractivity contribution in [2.75, 3.05) is 19.6 Å². The lowest BCUT2D eigenvalue weighted by Gasteiger charge is -2.25. The van der Waals surface area contributed by atoms with Crippen molar-refractivity contribution in [1.29, 1.82) is 0 Å². The summed E-state index contributed by atoms with van der Waals surface area (Å²) in [6.45, 7) is 7.55. The van der Waals surface area contributed by atoms with E-state index in [0.29, 0.717) is 43.1 Å². The van der Waals surface area contributed by atoms with E-state index >= 15 is 0 Å². The first kappa shape index (κ1) is 18.5. The molecule has 3 heterocycles. The summed E-state index contributed by atoms with van der Waals surface area (Å²) in [7, 11) is 0. The van der Waals surface area contributed by atoms with Gasteiger partial charge < -0.3 is 19.5 Å². The van der Waals surface area contributed by atoms with Crippen LogP contribution in [0.2, 0.25) is 0 Å². The summed E-state index contributed by atoms with van der Waals surface area (Å²) in [6, 6.07) is 5.26. The molecule has 1 N–H and O–H groups in total. The van der Waals surface area contributed by atoms with Gasteiger partial charge in [0.15, 0.2) is 11.5 Å². The molecule has 2 amide bonds. The third-order valence-electron chi connectivity index (χ3n) is 5.21. The number of ether oxygens (including phenoxy) is 1. The molecular weight excluding hydrogens is 360 g/mol. The Bertz CT molecular complexity index is 862. The van der Waals surface area contributed by atoms with Crippen LogP contribution in [-0.2, 0) is 4.74 Å². The third kappa shape index (κ3) is 3.85. The molecule has 3 atom stereocenters. The van der Waals surface area contributed by atoms with Crippen LogP contribution in [0.15, 0.2) is 35.1 Å². The summed E-state index contributed by atoms with van der Waals surface area (Å²) in [5.74, 6) is 1.50. The van der Waals surface area contributed by atoms with Gasteiger partial charge in [-0.1, -0.05) is 5.16 Å². The van der Waals surface area contributed by atoms with Crippen LogP contribution in [0.1, 0.15) is 31.3 Å². The maximum atomic E-state index is 12.3. The number of nitrogens with zero attached hydrogens (tertiary/aromatic N) is 3. The number of amides is 2. The molecule has 1 aliphatic heterocycles. The maximum absolute atomic E-state index is 12.3. The first-order valence-electron chi connectivity index (χ1n) is 9.45. The first-order valence-corrected chi connectivity index (χ1v) is 9.45. The summed E-state index contributed by atoms with van der Waals surface area (Å²) < 4.78 is 10.7. The Kier molecular flexibility index (Phi) is 4.56. The average Bonchev–Trinajstić information content (AvgIpc) is 3.05.